The zero-order valence-electron chi connectivity index (χ0n) is 15.1. The van der Waals surface area contributed by atoms with Gasteiger partial charge in [0, 0.05) is 25.7 Å². The molecule has 0 spiro atoms. The number of piperidine rings is 1. The van der Waals surface area contributed by atoms with Gasteiger partial charge in [-0.05, 0) is 42.0 Å². The van der Waals surface area contributed by atoms with Crippen LogP contribution in [0.3, 0.4) is 0 Å². The molecule has 7 nitrogen and oxygen atoms in total. The number of hydrogen-bond donors (Lipinski definition) is 2. The fourth-order valence-electron chi connectivity index (χ4n) is 2.97. The van der Waals surface area contributed by atoms with Crippen molar-refractivity contribution in [2.24, 2.45) is 0 Å². The van der Waals surface area contributed by atoms with Crippen LogP contribution in [0.5, 0.6) is 5.75 Å². The number of ether oxygens (including phenoxy) is 1. The Labute approximate surface area is 163 Å². The highest BCUT2D eigenvalue weighted by Crippen LogP contribution is 2.19. The molecule has 1 fully saturated rings. The van der Waals surface area contributed by atoms with Gasteiger partial charge in [0.15, 0.2) is 0 Å². The van der Waals surface area contributed by atoms with Crippen molar-refractivity contribution >= 4 is 27.4 Å². The summed E-state index contributed by atoms with van der Waals surface area (Å²) in [7, 11) is -1.86. The van der Waals surface area contributed by atoms with Gasteiger partial charge in [-0.3, -0.25) is 0 Å². The van der Waals surface area contributed by atoms with Crippen molar-refractivity contribution in [2.75, 3.05) is 20.2 Å². The number of rotatable bonds is 6. The first-order valence-electron chi connectivity index (χ1n) is 8.69. The Kier molecular flexibility index (Phi) is 6.35. The fraction of sp³-hybridized carbons (Fsp3) is 0.389. The number of benzene rings is 1. The average molecular weight is 410 g/mol. The van der Waals surface area contributed by atoms with E-state index in [1.807, 2.05) is 24.3 Å². The molecule has 2 aromatic rings. The van der Waals surface area contributed by atoms with Crippen molar-refractivity contribution in [2.45, 2.75) is 29.6 Å². The molecule has 1 aromatic carbocycles. The minimum absolute atomic E-state index is 0.141. The van der Waals surface area contributed by atoms with Crippen LogP contribution in [0, 0.1) is 0 Å². The highest BCUT2D eigenvalue weighted by atomic mass is 32.2. The standard InChI is InChI=1S/C18H23N3O4S2/c1-25-16-5-2-4-14(12-16)13-19-18(22)21-9-7-15(8-10-21)20-27(23,24)17-6-3-11-26-17/h2-6,11-12,15,20H,7-10,13H2,1H3,(H,19,22). The Morgan fingerprint density at radius 2 is 2.04 bits per heavy atom. The molecule has 9 heteroatoms. The van der Waals surface area contributed by atoms with Gasteiger partial charge in [0.1, 0.15) is 9.96 Å². The third-order valence-electron chi connectivity index (χ3n) is 4.44. The lowest BCUT2D eigenvalue weighted by atomic mass is 10.1. The van der Waals surface area contributed by atoms with Gasteiger partial charge in [0.2, 0.25) is 10.0 Å². The molecule has 2 N–H and O–H groups in total. The second kappa shape index (κ2) is 8.73. The molecule has 0 radical (unpaired) electrons. The molecule has 0 aliphatic carbocycles. The van der Waals surface area contributed by atoms with Gasteiger partial charge >= 0.3 is 6.03 Å². The summed E-state index contributed by atoms with van der Waals surface area (Å²) in [5.74, 6) is 0.751. The molecule has 1 saturated heterocycles. The predicted molar refractivity (Wildman–Crippen MR) is 104 cm³/mol. The van der Waals surface area contributed by atoms with Crippen molar-refractivity contribution in [1.29, 1.82) is 0 Å². The molecular weight excluding hydrogens is 386 g/mol. The van der Waals surface area contributed by atoms with Gasteiger partial charge < -0.3 is 15.0 Å². The number of nitrogens with zero attached hydrogens (tertiary/aromatic N) is 1. The van der Waals surface area contributed by atoms with Gasteiger partial charge in [-0.2, -0.15) is 0 Å². The maximum absolute atomic E-state index is 12.4. The Hall–Kier alpha value is -2.10. The van der Waals surface area contributed by atoms with Crippen molar-refractivity contribution in [1.82, 2.24) is 14.9 Å². The van der Waals surface area contributed by atoms with E-state index in [4.69, 9.17) is 4.74 Å². The fourth-order valence-corrected chi connectivity index (χ4v) is 5.28. The van der Waals surface area contributed by atoms with E-state index in [2.05, 4.69) is 10.0 Å². The smallest absolute Gasteiger partial charge is 0.317 e. The van der Waals surface area contributed by atoms with Gasteiger partial charge in [0.25, 0.3) is 0 Å². The topological polar surface area (TPSA) is 87.7 Å². The Morgan fingerprint density at radius 1 is 1.26 bits per heavy atom. The first-order valence-corrected chi connectivity index (χ1v) is 11.1. The molecule has 146 valence electrons. The number of methoxy groups -OCH3 is 1. The number of sulfonamides is 1. The lowest BCUT2D eigenvalue weighted by molar-refractivity contribution is 0.179. The first kappa shape index (κ1) is 19.7. The SMILES string of the molecule is COc1cccc(CNC(=O)N2CCC(NS(=O)(=O)c3cccs3)CC2)c1. The molecule has 1 aliphatic heterocycles. The van der Waals surface area contributed by atoms with Crippen molar-refractivity contribution in [3.8, 4) is 5.75 Å². The van der Waals surface area contributed by atoms with Gasteiger partial charge in [-0.25, -0.2) is 17.9 Å². The lowest BCUT2D eigenvalue weighted by Crippen LogP contribution is -2.49. The number of carbonyl (C=O) groups is 1. The van der Waals surface area contributed by atoms with E-state index in [1.54, 1.807) is 29.5 Å². The summed E-state index contributed by atoms with van der Waals surface area (Å²) in [5.41, 5.74) is 0.960. The molecule has 0 bridgehead atoms. The van der Waals surface area contributed by atoms with Gasteiger partial charge in [0.05, 0.1) is 7.11 Å². The molecule has 1 aromatic heterocycles. The number of carbonyl (C=O) groups excluding carboxylic acids is 1. The van der Waals surface area contributed by atoms with Crippen molar-refractivity contribution in [3.63, 3.8) is 0 Å². The number of amides is 2. The van der Waals surface area contributed by atoms with E-state index in [-0.39, 0.29) is 12.1 Å². The molecule has 3 rings (SSSR count). The highest BCUT2D eigenvalue weighted by Gasteiger charge is 2.27. The summed E-state index contributed by atoms with van der Waals surface area (Å²) < 4.78 is 32.8. The van der Waals surface area contributed by atoms with Crippen LogP contribution in [0.15, 0.2) is 46.0 Å². The highest BCUT2D eigenvalue weighted by molar-refractivity contribution is 7.91. The molecule has 0 atom stereocenters. The number of urea groups is 1. The monoisotopic (exact) mass is 409 g/mol. The maximum Gasteiger partial charge on any atom is 0.317 e. The van der Waals surface area contributed by atoms with Crippen LogP contribution in [-0.4, -0.2) is 45.6 Å². The number of hydrogen-bond acceptors (Lipinski definition) is 5. The normalized spacial score (nSPS) is 15.5. The van der Waals surface area contributed by atoms with E-state index in [0.717, 1.165) is 11.3 Å². The quantitative estimate of drug-likeness (QED) is 0.767. The van der Waals surface area contributed by atoms with Gasteiger partial charge in [-0.15, -0.1) is 11.3 Å². The van der Waals surface area contributed by atoms with Crippen LogP contribution in [0.4, 0.5) is 4.79 Å². The predicted octanol–water partition coefficient (Wildman–Crippen LogP) is 2.41. The molecule has 1 aliphatic rings. The number of nitrogens with one attached hydrogen (secondary N) is 2. The van der Waals surface area contributed by atoms with Gasteiger partial charge in [-0.1, -0.05) is 18.2 Å². The van der Waals surface area contributed by atoms with E-state index < -0.39 is 10.0 Å². The zero-order chi connectivity index (χ0) is 19.3. The van der Waals surface area contributed by atoms with Crippen LogP contribution < -0.4 is 14.8 Å². The molecule has 0 unspecified atom stereocenters. The van der Waals surface area contributed by atoms with E-state index in [0.29, 0.717) is 36.7 Å². The summed E-state index contributed by atoms with van der Waals surface area (Å²) in [5, 5.41) is 4.64. The van der Waals surface area contributed by atoms with E-state index >= 15 is 0 Å². The minimum Gasteiger partial charge on any atom is -0.497 e. The third-order valence-corrected chi connectivity index (χ3v) is 7.36. The lowest BCUT2D eigenvalue weighted by Gasteiger charge is -2.32. The molecular formula is C18H23N3O4S2. The van der Waals surface area contributed by atoms with E-state index in [9.17, 15) is 13.2 Å². The number of thiophene rings is 1. The average Bonchev–Trinajstić information content (AvgIpc) is 3.22. The largest absolute Gasteiger partial charge is 0.497 e. The summed E-state index contributed by atoms with van der Waals surface area (Å²) >= 11 is 1.20. The zero-order valence-corrected chi connectivity index (χ0v) is 16.7. The van der Waals surface area contributed by atoms with Crippen molar-refractivity contribution in [3.05, 3.63) is 47.3 Å². The summed E-state index contributed by atoms with van der Waals surface area (Å²) in [6.07, 6.45) is 1.19. The van der Waals surface area contributed by atoms with Crippen LogP contribution in [0.2, 0.25) is 0 Å². The van der Waals surface area contributed by atoms with Crippen LogP contribution >= 0.6 is 11.3 Å². The molecule has 2 amide bonds. The molecule has 2 heterocycles. The summed E-state index contributed by atoms with van der Waals surface area (Å²) in [6.45, 7) is 1.45. The molecule has 27 heavy (non-hydrogen) atoms. The number of likely N-dealkylation sites (tertiary alicyclic amines) is 1. The minimum atomic E-state index is -3.47. The second-order valence-corrected chi connectivity index (χ2v) is 9.21. The second-order valence-electron chi connectivity index (χ2n) is 6.32. The molecule has 0 saturated carbocycles. The van der Waals surface area contributed by atoms with E-state index in [1.165, 1.54) is 11.3 Å². The van der Waals surface area contributed by atoms with Crippen LogP contribution in [0.25, 0.3) is 0 Å². The Morgan fingerprint density at radius 3 is 2.70 bits per heavy atom. The van der Waals surface area contributed by atoms with Crippen LogP contribution in [0.1, 0.15) is 18.4 Å². The van der Waals surface area contributed by atoms with Crippen LogP contribution in [-0.2, 0) is 16.6 Å². The Balaban J connectivity index is 1.46. The first-order chi connectivity index (χ1) is 13.0. The Bertz CT molecular complexity index is 860. The summed E-state index contributed by atoms with van der Waals surface area (Å²) in [6, 6.07) is 10.6. The maximum atomic E-state index is 12.4. The third kappa shape index (κ3) is 5.21. The van der Waals surface area contributed by atoms with Crippen molar-refractivity contribution < 1.29 is 17.9 Å². The summed E-state index contributed by atoms with van der Waals surface area (Å²) in [4.78, 5) is 14.1.